The number of nitrogens with one attached hydrogen (secondary N) is 1. The van der Waals surface area contributed by atoms with E-state index in [1.54, 1.807) is 13.0 Å². The number of rotatable bonds is 3. The summed E-state index contributed by atoms with van der Waals surface area (Å²) in [4.78, 5) is 21.1. The number of anilines is 1. The van der Waals surface area contributed by atoms with Crippen molar-refractivity contribution in [2.24, 2.45) is 17.8 Å². The van der Waals surface area contributed by atoms with Crippen molar-refractivity contribution in [2.45, 2.75) is 96.1 Å². The first-order valence-corrected chi connectivity index (χ1v) is 21.2. The number of halogens is 1. The fourth-order valence-electron chi connectivity index (χ4n) is 8.56. The highest BCUT2D eigenvalue weighted by Gasteiger charge is 2.48. The Labute approximate surface area is 317 Å². The lowest BCUT2D eigenvalue weighted by atomic mass is 9.63. The average Bonchev–Trinajstić information content (AvgIpc) is 3.12. The van der Waals surface area contributed by atoms with Crippen LogP contribution in [0.25, 0.3) is 0 Å². The van der Waals surface area contributed by atoms with Crippen molar-refractivity contribution in [1.29, 1.82) is 0 Å². The van der Waals surface area contributed by atoms with Crippen molar-refractivity contribution in [3.05, 3.63) is 70.3 Å². The number of carbonyl (C=O) groups is 1. The Bertz CT molecular complexity index is 1720. The molecule has 2 fully saturated rings. The molecule has 2 aromatic rings. The van der Waals surface area contributed by atoms with Gasteiger partial charge in [-0.25, -0.2) is 13.1 Å². The quantitative estimate of drug-likeness (QED) is 0.338. The first-order chi connectivity index (χ1) is 24.7. The number of piperazine rings is 1. The third-order valence-electron chi connectivity index (χ3n) is 12.3. The molecular weight excluding hydrogens is 696 g/mol. The predicted octanol–water partition coefficient (Wildman–Crippen LogP) is 6.93. The molecule has 9 nitrogen and oxygen atoms in total. The molecule has 0 radical (unpaired) electrons. The van der Waals surface area contributed by atoms with Gasteiger partial charge in [-0.1, -0.05) is 36.7 Å². The smallest absolute Gasteiger partial charge is 0.264 e. The van der Waals surface area contributed by atoms with Crippen LogP contribution in [-0.4, -0.2) is 93.4 Å². The van der Waals surface area contributed by atoms with E-state index in [0.29, 0.717) is 30.3 Å². The van der Waals surface area contributed by atoms with Crippen LogP contribution in [0, 0.1) is 17.8 Å². The molecule has 6 rings (SSSR count). The second kappa shape index (κ2) is 16.0. The monoisotopic (exact) mass is 754 g/mol. The second-order valence-corrected chi connectivity index (χ2v) is 19.1. The number of allylic oxidation sites excluding steroid dienone is 1. The number of hydrogen-bond acceptors (Lipinski definition) is 8. The first kappa shape index (κ1) is 39.1. The van der Waals surface area contributed by atoms with Gasteiger partial charge in [-0.2, -0.15) is 0 Å². The molecule has 286 valence electrons. The maximum Gasteiger partial charge on any atom is 0.264 e. The molecule has 1 saturated carbocycles. The Kier molecular flexibility index (Phi) is 12.0. The fourth-order valence-corrected chi connectivity index (χ4v) is 10.0. The van der Waals surface area contributed by atoms with Crippen molar-refractivity contribution < 1.29 is 22.7 Å². The van der Waals surface area contributed by atoms with Crippen LogP contribution in [0.15, 0.2) is 48.6 Å². The van der Waals surface area contributed by atoms with Crippen LogP contribution < -0.4 is 14.4 Å². The van der Waals surface area contributed by atoms with E-state index in [-0.39, 0.29) is 17.4 Å². The molecule has 1 aliphatic carbocycles. The van der Waals surface area contributed by atoms with Crippen LogP contribution in [0.4, 0.5) is 5.69 Å². The van der Waals surface area contributed by atoms with Crippen molar-refractivity contribution >= 4 is 33.2 Å². The van der Waals surface area contributed by atoms with Crippen molar-refractivity contribution in [3.8, 4) is 5.75 Å². The largest absolute Gasteiger partial charge is 0.487 e. The van der Waals surface area contributed by atoms with Crippen LogP contribution in [0.3, 0.4) is 0 Å². The molecule has 11 heteroatoms. The molecule has 3 heterocycles. The molecule has 5 atom stereocenters. The molecule has 52 heavy (non-hydrogen) atoms. The van der Waals surface area contributed by atoms with Crippen LogP contribution in [0.1, 0.15) is 88.2 Å². The molecule has 0 spiro atoms. The predicted molar refractivity (Wildman–Crippen MR) is 210 cm³/mol. The number of fused-ring (bicyclic) bond motifs is 3. The van der Waals surface area contributed by atoms with E-state index >= 15 is 0 Å². The van der Waals surface area contributed by atoms with E-state index in [2.05, 4.69) is 52.3 Å². The number of methoxy groups -OCH3 is 1. The molecular formula is C41H59ClN4O5S. The summed E-state index contributed by atoms with van der Waals surface area (Å²) in [6, 6.07) is 11.3. The van der Waals surface area contributed by atoms with Gasteiger partial charge in [0.05, 0.1) is 10.9 Å². The van der Waals surface area contributed by atoms with Gasteiger partial charge in [-0.3, -0.25) is 14.6 Å². The fraction of sp³-hybridized carbons (Fsp3) is 0.634. The molecule has 2 bridgehead atoms. The highest BCUT2D eigenvalue weighted by Crippen LogP contribution is 2.47. The van der Waals surface area contributed by atoms with Gasteiger partial charge in [0.2, 0.25) is 10.0 Å². The Morgan fingerprint density at radius 3 is 2.46 bits per heavy atom. The van der Waals surface area contributed by atoms with Crippen LogP contribution in [-0.2, 0) is 27.8 Å². The van der Waals surface area contributed by atoms with Gasteiger partial charge in [0.1, 0.15) is 18.0 Å². The molecule has 2 aromatic carbocycles. The van der Waals surface area contributed by atoms with Crippen LogP contribution in [0.5, 0.6) is 5.75 Å². The molecule has 3 aliphatic heterocycles. The summed E-state index contributed by atoms with van der Waals surface area (Å²) in [6.07, 6.45) is 9.92. The van der Waals surface area contributed by atoms with Crippen molar-refractivity contribution in [1.82, 2.24) is 14.5 Å². The Morgan fingerprint density at radius 1 is 1.00 bits per heavy atom. The number of carbonyl (C=O) groups excluding carboxylic acids is 1. The number of benzene rings is 2. The van der Waals surface area contributed by atoms with Crippen molar-refractivity contribution in [3.63, 3.8) is 0 Å². The lowest BCUT2D eigenvalue weighted by Gasteiger charge is -2.52. The van der Waals surface area contributed by atoms with Gasteiger partial charge in [-0.05, 0) is 125 Å². The summed E-state index contributed by atoms with van der Waals surface area (Å²) >= 11 is 6.40. The summed E-state index contributed by atoms with van der Waals surface area (Å²) < 4.78 is 42.8. The number of nitrogens with zero attached hydrogens (tertiary/aromatic N) is 3. The highest BCUT2D eigenvalue weighted by molar-refractivity contribution is 7.90. The molecule has 1 amide bonds. The molecule has 4 aliphatic rings. The van der Waals surface area contributed by atoms with Gasteiger partial charge in [-0.15, -0.1) is 0 Å². The molecule has 1 saturated heterocycles. The lowest BCUT2D eigenvalue weighted by Crippen LogP contribution is -2.60. The topological polar surface area (TPSA) is 91.4 Å². The second-order valence-electron chi connectivity index (χ2n) is 16.6. The van der Waals surface area contributed by atoms with E-state index in [1.165, 1.54) is 5.56 Å². The number of amides is 1. The zero-order valence-electron chi connectivity index (χ0n) is 32.0. The summed E-state index contributed by atoms with van der Waals surface area (Å²) in [7, 11) is -2.10. The number of ether oxygens (including phenoxy) is 2. The lowest BCUT2D eigenvalue weighted by molar-refractivity contribution is -0.0974. The third kappa shape index (κ3) is 8.67. The maximum atomic E-state index is 13.6. The zero-order chi connectivity index (χ0) is 37.3. The zero-order valence-corrected chi connectivity index (χ0v) is 33.6. The Hall–Kier alpha value is -2.63. The standard InChI is InChI=1S/C41H59ClN4O5S/c1-29-10-9-18-41(50-6,28-44-20-22-46(23-21-44)40(3,4)5)36-16-13-33(36)26-45-19-8-7-11-31-24-35(42)15-12-34(31)27-51-38-17-14-32(25-37(38)45)39(47)43-52(48,49)30(29)2/h9,12,14-15,17-18,24-25,29-30,33,36H,7-8,10-11,13,16,19-23,26-28H2,1-6H3,(H,43,47)/b18-9+/t29-,30+,33-,36+,41+/m0/s1. The molecule has 0 unspecified atom stereocenters. The van der Waals surface area contributed by atoms with Gasteiger partial charge < -0.3 is 14.4 Å². The number of aryl methyl sites for hydroxylation is 1. The van der Waals surface area contributed by atoms with Gasteiger partial charge in [0.25, 0.3) is 5.91 Å². The number of hydrogen-bond donors (Lipinski definition) is 1. The first-order valence-electron chi connectivity index (χ1n) is 19.2. The van der Waals surface area contributed by atoms with Gasteiger partial charge in [0.15, 0.2) is 0 Å². The minimum Gasteiger partial charge on any atom is -0.487 e. The van der Waals surface area contributed by atoms with E-state index in [1.807, 2.05) is 44.4 Å². The normalized spacial score (nSPS) is 30.1. The Morgan fingerprint density at radius 2 is 1.77 bits per heavy atom. The average molecular weight is 755 g/mol. The summed E-state index contributed by atoms with van der Waals surface area (Å²) in [5, 5.41) is -0.0571. The summed E-state index contributed by atoms with van der Waals surface area (Å²) in [5.41, 5.74) is 3.02. The SMILES string of the molecule is CO[C@@]1(CN2CCN(C(C)(C)C)CC2)/C=C/C[C@H](C)[C@@H](C)S(=O)(=O)NC(=O)c2ccc3c(c2)N(CCCCc2cc(Cl)ccc2CO3)C[C@@H]2CC[C@H]21. The Balaban J connectivity index is 1.37. The van der Waals surface area contributed by atoms with Crippen LogP contribution >= 0.6 is 11.6 Å². The van der Waals surface area contributed by atoms with E-state index in [9.17, 15) is 13.2 Å². The maximum absolute atomic E-state index is 13.6. The minimum atomic E-state index is -3.95. The van der Waals surface area contributed by atoms with Gasteiger partial charge >= 0.3 is 0 Å². The van der Waals surface area contributed by atoms with Crippen molar-refractivity contribution in [2.75, 3.05) is 57.8 Å². The van der Waals surface area contributed by atoms with Crippen LogP contribution in [0.2, 0.25) is 5.02 Å². The third-order valence-corrected chi connectivity index (χ3v) is 14.5. The van der Waals surface area contributed by atoms with Gasteiger partial charge in [0, 0.05) is 69.0 Å². The summed E-state index contributed by atoms with van der Waals surface area (Å²) in [5.74, 6) is 0.474. The molecule has 1 N–H and O–H groups in total. The highest BCUT2D eigenvalue weighted by atomic mass is 35.5. The molecule has 0 aromatic heterocycles. The van der Waals surface area contributed by atoms with E-state index in [4.69, 9.17) is 21.1 Å². The van der Waals surface area contributed by atoms with E-state index < -0.39 is 26.8 Å². The number of sulfonamides is 1. The summed E-state index contributed by atoms with van der Waals surface area (Å²) in [6.45, 7) is 17.2. The minimum absolute atomic E-state index is 0.136. The van der Waals surface area contributed by atoms with E-state index in [0.717, 1.165) is 94.2 Å².